The highest BCUT2D eigenvalue weighted by Gasteiger charge is 2.45. The number of nitrogen functional groups attached to an aromatic ring is 1. The van der Waals surface area contributed by atoms with E-state index in [9.17, 15) is 41.1 Å². The van der Waals surface area contributed by atoms with Crippen molar-refractivity contribution in [2.45, 2.75) is 36.9 Å². The van der Waals surface area contributed by atoms with Crippen LogP contribution < -0.4 is 5.73 Å². The summed E-state index contributed by atoms with van der Waals surface area (Å²) in [6.45, 7) is 3.51. The van der Waals surface area contributed by atoms with Crippen LogP contribution >= 0.6 is 23.2 Å². The first kappa shape index (κ1) is 44.7. The number of carboxylic acids is 1. The first-order valence-corrected chi connectivity index (χ1v) is 19.3. The van der Waals surface area contributed by atoms with Gasteiger partial charge in [0, 0.05) is 30.0 Å². The molecule has 6 rings (SSSR count). The summed E-state index contributed by atoms with van der Waals surface area (Å²) in [7, 11) is -2.75. The van der Waals surface area contributed by atoms with Crippen LogP contribution in [0.3, 0.4) is 0 Å². The smallest absolute Gasteiger partial charge is 0.416 e. The number of alkyl halides is 3. The van der Waals surface area contributed by atoms with E-state index in [0.29, 0.717) is 37.1 Å². The Morgan fingerprint density at radius 3 is 2.03 bits per heavy atom. The second-order valence-electron chi connectivity index (χ2n) is 12.3. The van der Waals surface area contributed by atoms with Crippen molar-refractivity contribution in [1.29, 1.82) is 0 Å². The zero-order valence-electron chi connectivity index (χ0n) is 30.9. The van der Waals surface area contributed by atoms with Crippen molar-refractivity contribution in [3.05, 3.63) is 134 Å². The number of aryl methyl sites for hydroxylation is 2. The number of nitrogens with zero attached hydrogens (tertiary/aromatic N) is 4. The SMILES string of the molecule is CCOC(=O)C1=NOC(c2ccccc2)(c2ccccc2)C1.Cc1nn(C)c(O)c1C(=O)c1ccc(C(F)(F)F)cc1S(C)(=O)=O.Nc1cc(Cl)nc(C(=O)O)c1Cl. The Morgan fingerprint density at radius 1 is 1.00 bits per heavy atom. The number of carboxylic acid groups (broad SMARTS) is 1. The van der Waals surface area contributed by atoms with E-state index in [-0.39, 0.29) is 32.8 Å². The Morgan fingerprint density at radius 2 is 1.57 bits per heavy atom. The molecule has 3 heterocycles. The van der Waals surface area contributed by atoms with Crippen molar-refractivity contribution in [3.8, 4) is 5.88 Å². The molecule has 20 heteroatoms. The third-order valence-corrected chi connectivity index (χ3v) is 9.98. The van der Waals surface area contributed by atoms with Gasteiger partial charge in [0.2, 0.25) is 11.7 Å². The normalized spacial score (nSPS) is 13.2. The Bertz CT molecular complexity index is 2440. The molecule has 0 atom stereocenters. The summed E-state index contributed by atoms with van der Waals surface area (Å²) in [5, 5.41) is 26.2. The fourth-order valence-electron chi connectivity index (χ4n) is 5.55. The van der Waals surface area contributed by atoms with Crippen molar-refractivity contribution >= 4 is 62.2 Å². The zero-order valence-corrected chi connectivity index (χ0v) is 33.2. The van der Waals surface area contributed by atoms with Gasteiger partial charge >= 0.3 is 18.1 Å². The van der Waals surface area contributed by atoms with Crippen LogP contribution in [0.4, 0.5) is 18.9 Å². The van der Waals surface area contributed by atoms with Crippen LogP contribution in [0.1, 0.15) is 62.1 Å². The number of aromatic nitrogens is 3. The van der Waals surface area contributed by atoms with Gasteiger partial charge in [-0.2, -0.15) is 18.3 Å². The molecular weight excluding hydrogens is 830 g/mol. The quantitative estimate of drug-likeness (QED) is 0.0815. The number of pyridine rings is 1. The van der Waals surface area contributed by atoms with E-state index in [2.05, 4.69) is 15.2 Å². The highest BCUT2D eigenvalue weighted by Crippen LogP contribution is 2.41. The Kier molecular flexibility index (Phi) is 13.9. The molecule has 1 aliphatic rings. The maximum Gasteiger partial charge on any atom is 0.416 e. The number of aromatic hydroxyl groups is 1. The van der Waals surface area contributed by atoms with Gasteiger partial charge in [0.15, 0.2) is 26.8 Å². The molecule has 0 fully saturated rings. The minimum atomic E-state index is -4.76. The van der Waals surface area contributed by atoms with Crippen molar-refractivity contribution in [1.82, 2.24) is 14.8 Å². The van der Waals surface area contributed by atoms with Gasteiger partial charge in [-0.25, -0.2) is 27.7 Å². The van der Waals surface area contributed by atoms with Crippen LogP contribution in [0.5, 0.6) is 5.88 Å². The van der Waals surface area contributed by atoms with E-state index >= 15 is 0 Å². The largest absolute Gasteiger partial charge is 0.493 e. The van der Waals surface area contributed by atoms with Crippen molar-refractivity contribution in [2.24, 2.45) is 12.2 Å². The summed E-state index contributed by atoms with van der Waals surface area (Å²) in [6.07, 6.45) is -3.69. The monoisotopic (exact) mass is 863 g/mol. The molecule has 0 saturated heterocycles. The van der Waals surface area contributed by atoms with E-state index < -0.39 is 61.2 Å². The van der Waals surface area contributed by atoms with Gasteiger partial charge in [-0.15, -0.1) is 0 Å². The third-order valence-electron chi connectivity index (χ3n) is 8.25. The van der Waals surface area contributed by atoms with Gasteiger partial charge in [0.25, 0.3) is 0 Å². The second-order valence-corrected chi connectivity index (χ2v) is 15.1. The molecule has 0 radical (unpaired) electrons. The standard InChI is InChI=1S/C18H17NO3.C14H13F3N2O4S.C6H4Cl2N2O2/c1-2-21-17(20)16-13-18(22-19-16,14-9-5-3-6-10-14)15-11-7-4-8-12-15;1-7-11(13(21)19(2)18-7)12(20)9-5-4-8(14(15,16)17)6-10(9)24(3,22)23;7-3-1-2(9)4(8)5(10-3)6(11)12/h3-12H,2,13H2,1H3;4-6,21H,1-3H3;1H,(H2,9,10)(H,11,12). The van der Waals surface area contributed by atoms with E-state index in [1.54, 1.807) is 6.92 Å². The molecule has 0 aliphatic carbocycles. The van der Waals surface area contributed by atoms with E-state index in [0.717, 1.165) is 21.9 Å². The number of carbonyl (C=O) groups is 3. The molecule has 0 amide bonds. The number of ketones is 1. The first-order chi connectivity index (χ1) is 27.1. The molecule has 5 aromatic rings. The average Bonchev–Trinajstić information content (AvgIpc) is 3.74. The fraction of sp³-hybridized carbons (Fsp3) is 0.211. The average molecular weight is 865 g/mol. The predicted octanol–water partition coefficient (Wildman–Crippen LogP) is 7.03. The van der Waals surface area contributed by atoms with Gasteiger partial charge in [-0.1, -0.05) is 89.0 Å². The maximum absolute atomic E-state index is 12.8. The summed E-state index contributed by atoms with van der Waals surface area (Å²) in [4.78, 5) is 43.5. The van der Waals surface area contributed by atoms with Gasteiger partial charge in [0.05, 0.1) is 39.9 Å². The molecular formula is C38H34Cl2F3N5O9S. The number of hydrogen-bond acceptors (Lipinski definition) is 12. The number of anilines is 1. The number of esters is 1. The molecule has 14 nitrogen and oxygen atoms in total. The van der Waals surface area contributed by atoms with Gasteiger partial charge in [-0.05, 0) is 38.1 Å². The summed E-state index contributed by atoms with van der Waals surface area (Å²) in [5.41, 5.74) is 4.79. The topological polar surface area (TPSA) is 213 Å². The van der Waals surface area contributed by atoms with Crippen LogP contribution in [0.2, 0.25) is 10.2 Å². The van der Waals surface area contributed by atoms with Crippen LogP contribution in [0.25, 0.3) is 0 Å². The van der Waals surface area contributed by atoms with Crippen molar-refractivity contribution in [2.75, 3.05) is 18.6 Å². The van der Waals surface area contributed by atoms with Crippen molar-refractivity contribution < 1.29 is 55.8 Å². The molecule has 3 aromatic carbocycles. The Hall–Kier alpha value is -5.98. The molecule has 0 saturated carbocycles. The number of benzene rings is 3. The Balaban J connectivity index is 0.000000203. The number of aromatic carboxylic acids is 1. The number of ether oxygens (including phenoxy) is 1. The lowest BCUT2D eigenvalue weighted by molar-refractivity contribution is -0.138. The summed E-state index contributed by atoms with van der Waals surface area (Å²) < 4.78 is 68.2. The number of carbonyl (C=O) groups excluding carboxylic acids is 2. The second kappa shape index (κ2) is 18.1. The fourth-order valence-corrected chi connectivity index (χ4v) is 6.83. The molecule has 1 aliphatic heterocycles. The van der Waals surface area contributed by atoms with Gasteiger partial charge in [-0.3, -0.25) is 4.79 Å². The lowest BCUT2D eigenvalue weighted by atomic mass is 9.82. The molecule has 2 aromatic heterocycles. The number of rotatable bonds is 8. The van der Waals surface area contributed by atoms with Gasteiger partial charge < -0.3 is 25.5 Å². The number of hydrogen-bond donors (Lipinski definition) is 3. The number of oxime groups is 1. The molecule has 0 bridgehead atoms. The summed E-state index contributed by atoms with van der Waals surface area (Å²) in [5.74, 6) is -3.10. The molecule has 4 N–H and O–H groups in total. The maximum atomic E-state index is 12.8. The van der Waals surface area contributed by atoms with E-state index in [1.807, 2.05) is 60.7 Å². The van der Waals surface area contributed by atoms with E-state index in [4.69, 9.17) is 43.6 Å². The molecule has 0 unspecified atom stereocenters. The Labute approximate surface area is 339 Å². The number of sulfone groups is 1. The number of nitrogens with two attached hydrogens (primary N) is 1. The number of halogens is 5. The predicted molar refractivity (Wildman–Crippen MR) is 207 cm³/mol. The minimum absolute atomic E-state index is 0.00861. The summed E-state index contributed by atoms with van der Waals surface area (Å²) >= 11 is 11.0. The molecule has 0 spiro atoms. The van der Waals surface area contributed by atoms with Crippen LogP contribution in [-0.4, -0.2) is 69.7 Å². The highest BCUT2D eigenvalue weighted by atomic mass is 35.5. The van der Waals surface area contributed by atoms with Crippen LogP contribution in [0, 0.1) is 6.92 Å². The minimum Gasteiger partial charge on any atom is -0.493 e. The van der Waals surface area contributed by atoms with Crippen LogP contribution in [-0.2, 0) is 43.0 Å². The zero-order chi connectivity index (χ0) is 43.2. The van der Waals surface area contributed by atoms with Crippen LogP contribution in [0.15, 0.2) is 95.0 Å². The van der Waals surface area contributed by atoms with Crippen molar-refractivity contribution in [3.63, 3.8) is 0 Å². The third kappa shape index (κ3) is 10.1. The molecule has 306 valence electrons. The lowest BCUT2D eigenvalue weighted by Crippen LogP contribution is -2.29. The lowest BCUT2D eigenvalue weighted by Gasteiger charge is -2.27. The summed E-state index contributed by atoms with van der Waals surface area (Å²) in [6, 6.07) is 22.7. The van der Waals surface area contributed by atoms with E-state index in [1.165, 1.54) is 20.0 Å². The molecule has 58 heavy (non-hydrogen) atoms. The first-order valence-electron chi connectivity index (χ1n) is 16.7. The van der Waals surface area contributed by atoms with Gasteiger partial charge in [0.1, 0.15) is 10.7 Å². The highest BCUT2D eigenvalue weighted by molar-refractivity contribution is 7.90.